The van der Waals surface area contributed by atoms with Crippen molar-refractivity contribution >= 4 is 6.09 Å². The molecule has 0 saturated heterocycles. The van der Waals surface area contributed by atoms with Gasteiger partial charge in [0.25, 0.3) is 5.09 Å². The van der Waals surface area contributed by atoms with Crippen LogP contribution in [0.5, 0.6) is 5.75 Å². The van der Waals surface area contributed by atoms with Crippen molar-refractivity contribution in [3.63, 3.8) is 0 Å². The highest BCUT2D eigenvalue weighted by atomic mass is 16.9. The molecule has 0 unspecified atom stereocenters. The molecule has 0 aliphatic rings. The second-order valence-electron chi connectivity index (χ2n) is 2.69. The van der Waals surface area contributed by atoms with Crippen LogP contribution < -0.4 is 10.1 Å². The van der Waals surface area contributed by atoms with E-state index in [1.54, 1.807) is 30.3 Å². The van der Waals surface area contributed by atoms with Gasteiger partial charge < -0.3 is 14.9 Å². The molecule has 0 radical (unpaired) electrons. The largest absolute Gasteiger partial charge is 0.412 e. The third-order valence-corrected chi connectivity index (χ3v) is 1.52. The third-order valence-electron chi connectivity index (χ3n) is 1.52. The maximum Gasteiger partial charge on any atom is 0.412 e. The molecule has 0 bridgehead atoms. The van der Waals surface area contributed by atoms with Crippen LogP contribution in [0, 0.1) is 10.1 Å². The zero-order valence-electron chi connectivity index (χ0n) is 8.29. The topological polar surface area (TPSA) is 90.7 Å². The normalized spacial score (nSPS) is 9.25. The second-order valence-corrected chi connectivity index (χ2v) is 2.69. The van der Waals surface area contributed by atoms with Gasteiger partial charge in [-0.15, -0.1) is 10.1 Å². The highest BCUT2D eigenvalue weighted by molar-refractivity contribution is 5.70. The molecule has 1 amide bonds. The lowest BCUT2D eigenvalue weighted by Gasteiger charge is -2.05. The standard InChI is InChI=1S/C9H10N2O5/c12-9(10-6-7-15-11(13)14)16-8-4-2-1-3-5-8/h1-5H,6-7H2,(H,10,12). The Bertz CT molecular complexity index is 354. The summed E-state index contributed by atoms with van der Waals surface area (Å²) < 4.78 is 4.85. The van der Waals surface area contributed by atoms with Crippen LogP contribution in [0.25, 0.3) is 0 Å². The molecule has 0 atom stereocenters. The number of benzene rings is 1. The number of ether oxygens (including phenoxy) is 1. The molecule has 0 aliphatic carbocycles. The fourth-order valence-electron chi connectivity index (χ4n) is 0.905. The van der Waals surface area contributed by atoms with Gasteiger partial charge in [0.15, 0.2) is 0 Å². The highest BCUT2D eigenvalue weighted by Crippen LogP contribution is 2.07. The Hall–Kier alpha value is -2.31. The molecule has 0 aromatic heterocycles. The Balaban J connectivity index is 2.19. The summed E-state index contributed by atoms with van der Waals surface area (Å²) in [5.41, 5.74) is 0. The summed E-state index contributed by atoms with van der Waals surface area (Å²) in [6.45, 7) is -0.205. The van der Waals surface area contributed by atoms with Crippen molar-refractivity contribution in [2.24, 2.45) is 0 Å². The quantitative estimate of drug-likeness (QED) is 0.459. The minimum atomic E-state index is -0.926. The average molecular weight is 226 g/mol. The van der Waals surface area contributed by atoms with Crippen molar-refractivity contribution in [3.8, 4) is 5.75 Å². The maximum absolute atomic E-state index is 11.1. The number of hydrogen-bond donors (Lipinski definition) is 1. The van der Waals surface area contributed by atoms with Crippen molar-refractivity contribution in [2.75, 3.05) is 13.2 Å². The van der Waals surface area contributed by atoms with Gasteiger partial charge in [0.1, 0.15) is 12.4 Å². The minimum absolute atomic E-state index is 0.00659. The first-order valence-corrected chi connectivity index (χ1v) is 4.46. The predicted molar refractivity (Wildman–Crippen MR) is 53.4 cm³/mol. The number of nitrogens with one attached hydrogen (secondary N) is 1. The Labute approximate surface area is 91.1 Å². The molecule has 0 aliphatic heterocycles. The SMILES string of the molecule is O=C(NCCO[N+](=O)[O-])Oc1ccccc1. The molecule has 86 valence electrons. The van der Waals surface area contributed by atoms with E-state index in [0.29, 0.717) is 5.75 Å². The van der Waals surface area contributed by atoms with E-state index in [-0.39, 0.29) is 13.2 Å². The van der Waals surface area contributed by atoms with Gasteiger partial charge in [-0.2, -0.15) is 0 Å². The molecule has 1 aromatic carbocycles. The lowest BCUT2D eigenvalue weighted by Crippen LogP contribution is -2.30. The van der Waals surface area contributed by atoms with Crippen LogP contribution in [-0.4, -0.2) is 24.3 Å². The first kappa shape index (κ1) is 11.8. The third kappa shape index (κ3) is 4.80. The zero-order valence-corrected chi connectivity index (χ0v) is 8.29. The van der Waals surface area contributed by atoms with E-state index in [9.17, 15) is 14.9 Å². The molecule has 0 spiro atoms. The number of carbonyl (C=O) groups is 1. The predicted octanol–water partition coefficient (Wildman–Crippen LogP) is 0.983. The molecule has 1 N–H and O–H groups in total. The molecule has 1 aromatic rings. The van der Waals surface area contributed by atoms with Gasteiger partial charge in [-0.25, -0.2) is 4.79 Å². The minimum Gasteiger partial charge on any atom is -0.410 e. The number of amides is 1. The monoisotopic (exact) mass is 226 g/mol. The van der Waals surface area contributed by atoms with Gasteiger partial charge in [-0.05, 0) is 12.1 Å². The summed E-state index contributed by atoms with van der Waals surface area (Å²) in [4.78, 5) is 24.9. The Morgan fingerprint density at radius 3 is 2.69 bits per heavy atom. The van der Waals surface area contributed by atoms with Gasteiger partial charge in [-0.1, -0.05) is 18.2 Å². The van der Waals surface area contributed by atoms with Crippen molar-refractivity contribution < 1.29 is 19.5 Å². The van der Waals surface area contributed by atoms with Crippen LogP contribution >= 0.6 is 0 Å². The number of hydrogen-bond acceptors (Lipinski definition) is 5. The molecule has 7 nitrogen and oxygen atoms in total. The summed E-state index contributed by atoms with van der Waals surface area (Å²) in [7, 11) is 0. The first-order valence-electron chi connectivity index (χ1n) is 4.46. The van der Waals surface area contributed by atoms with Crippen molar-refractivity contribution in [2.45, 2.75) is 0 Å². The second kappa shape index (κ2) is 6.23. The van der Waals surface area contributed by atoms with E-state index in [2.05, 4.69) is 10.2 Å². The van der Waals surface area contributed by atoms with Gasteiger partial charge in [0.05, 0.1) is 0 Å². The van der Waals surface area contributed by atoms with E-state index >= 15 is 0 Å². The number of carbonyl (C=O) groups excluding carboxylic acids is 1. The van der Waals surface area contributed by atoms with E-state index in [1.165, 1.54) is 0 Å². The first-order chi connectivity index (χ1) is 7.68. The lowest BCUT2D eigenvalue weighted by atomic mass is 10.3. The fraction of sp³-hybridized carbons (Fsp3) is 0.222. The smallest absolute Gasteiger partial charge is 0.410 e. The molecular formula is C9H10N2O5. The molecule has 16 heavy (non-hydrogen) atoms. The maximum atomic E-state index is 11.1. The number of nitrogens with zero attached hydrogens (tertiary/aromatic N) is 1. The Morgan fingerprint density at radius 2 is 2.06 bits per heavy atom. The van der Waals surface area contributed by atoms with Gasteiger partial charge in [0, 0.05) is 6.54 Å². The van der Waals surface area contributed by atoms with Crippen molar-refractivity contribution in [3.05, 3.63) is 40.4 Å². The molecule has 0 heterocycles. The van der Waals surface area contributed by atoms with E-state index in [4.69, 9.17) is 4.74 Å². The summed E-state index contributed by atoms with van der Waals surface area (Å²) in [6, 6.07) is 8.47. The molecule has 0 saturated carbocycles. The van der Waals surface area contributed by atoms with Crippen LogP contribution in [0.1, 0.15) is 0 Å². The summed E-state index contributed by atoms with van der Waals surface area (Å²) in [6.07, 6.45) is -0.682. The van der Waals surface area contributed by atoms with Gasteiger partial charge in [0.2, 0.25) is 0 Å². The lowest BCUT2D eigenvalue weighted by molar-refractivity contribution is -0.757. The average Bonchev–Trinajstić information content (AvgIpc) is 2.25. The summed E-state index contributed by atoms with van der Waals surface area (Å²) in [5, 5.41) is 11.1. The molecule has 7 heteroatoms. The Morgan fingerprint density at radius 1 is 1.38 bits per heavy atom. The summed E-state index contributed by atoms with van der Waals surface area (Å²) in [5.74, 6) is 0.398. The molecular weight excluding hydrogens is 216 g/mol. The van der Waals surface area contributed by atoms with Crippen LogP contribution in [0.3, 0.4) is 0 Å². The van der Waals surface area contributed by atoms with Crippen LogP contribution in [-0.2, 0) is 4.84 Å². The highest BCUT2D eigenvalue weighted by Gasteiger charge is 2.03. The number of para-hydroxylation sites is 1. The van der Waals surface area contributed by atoms with Crippen LogP contribution in [0.2, 0.25) is 0 Å². The summed E-state index contributed by atoms with van der Waals surface area (Å²) >= 11 is 0. The van der Waals surface area contributed by atoms with Crippen molar-refractivity contribution in [1.29, 1.82) is 0 Å². The van der Waals surface area contributed by atoms with Crippen LogP contribution in [0.15, 0.2) is 30.3 Å². The van der Waals surface area contributed by atoms with Crippen molar-refractivity contribution in [1.82, 2.24) is 5.32 Å². The van der Waals surface area contributed by atoms with E-state index in [0.717, 1.165) is 0 Å². The van der Waals surface area contributed by atoms with E-state index in [1.807, 2.05) is 0 Å². The Kier molecular flexibility index (Phi) is 4.58. The van der Waals surface area contributed by atoms with Gasteiger partial charge >= 0.3 is 6.09 Å². The van der Waals surface area contributed by atoms with Gasteiger partial charge in [-0.3, -0.25) is 0 Å². The zero-order chi connectivity index (χ0) is 11.8. The molecule has 1 rings (SSSR count). The van der Waals surface area contributed by atoms with E-state index < -0.39 is 11.2 Å². The van der Waals surface area contributed by atoms with Crippen LogP contribution in [0.4, 0.5) is 4.79 Å². The fourth-order valence-corrected chi connectivity index (χ4v) is 0.905. The number of rotatable bonds is 5. The molecule has 0 fully saturated rings.